The van der Waals surface area contributed by atoms with Crippen molar-refractivity contribution >= 4 is 11.9 Å². The lowest BCUT2D eigenvalue weighted by Crippen LogP contribution is -2.51. The van der Waals surface area contributed by atoms with Crippen molar-refractivity contribution in [1.82, 2.24) is 25.0 Å². The predicted molar refractivity (Wildman–Crippen MR) is 129 cm³/mol. The molecule has 14 heteroatoms. The number of anilines is 1. The number of piperazine rings is 1. The standard InChI is InChI=1S/C24H24F4N6O4/c25-18-8-4-7-17(24(26,27)28)16(18)13-34-23(38)33(21(35)20(31-34)32-11-9-29-10-12-32)14-19(30-22(36)37)15-5-2-1-3-6-15/h1-8,19,29-30H,9-14H2,(H,36,37)/t19-/m0/s1. The molecule has 0 radical (unpaired) electrons. The number of carbonyl (C=O) groups is 1. The van der Waals surface area contributed by atoms with E-state index in [1.54, 1.807) is 35.2 Å². The molecule has 0 unspecified atom stereocenters. The molecule has 4 rings (SSSR count). The average molecular weight is 536 g/mol. The van der Waals surface area contributed by atoms with Gasteiger partial charge in [-0.05, 0) is 17.7 Å². The van der Waals surface area contributed by atoms with Gasteiger partial charge in [-0.15, -0.1) is 5.10 Å². The third-order valence-corrected chi connectivity index (χ3v) is 6.12. The van der Waals surface area contributed by atoms with Crippen LogP contribution in [0.15, 0.2) is 58.1 Å². The summed E-state index contributed by atoms with van der Waals surface area (Å²) in [7, 11) is 0. The van der Waals surface area contributed by atoms with Crippen LogP contribution in [0.2, 0.25) is 0 Å². The maximum atomic E-state index is 14.6. The van der Waals surface area contributed by atoms with Crippen molar-refractivity contribution in [3.63, 3.8) is 0 Å². The van der Waals surface area contributed by atoms with Crippen LogP contribution in [0, 0.1) is 5.82 Å². The van der Waals surface area contributed by atoms with Crippen molar-refractivity contribution in [2.24, 2.45) is 0 Å². The third-order valence-electron chi connectivity index (χ3n) is 6.12. The van der Waals surface area contributed by atoms with Crippen LogP contribution in [0.4, 0.5) is 28.2 Å². The SMILES string of the molecule is O=C(O)N[C@@H](Cn1c(=O)c(N2CCNCC2)nn(Cc2c(F)cccc2C(F)(F)F)c1=O)c1ccccc1. The molecule has 3 aromatic rings. The summed E-state index contributed by atoms with van der Waals surface area (Å²) in [5.74, 6) is -1.40. The highest BCUT2D eigenvalue weighted by atomic mass is 19.4. The number of nitrogens with zero attached hydrogens (tertiary/aromatic N) is 4. The van der Waals surface area contributed by atoms with Gasteiger partial charge in [-0.1, -0.05) is 36.4 Å². The number of rotatable bonds is 7. The van der Waals surface area contributed by atoms with Gasteiger partial charge in [0.15, 0.2) is 0 Å². The van der Waals surface area contributed by atoms with Gasteiger partial charge in [0.1, 0.15) is 5.82 Å². The first-order chi connectivity index (χ1) is 18.1. The molecular formula is C24H24F4N6O4. The van der Waals surface area contributed by atoms with Crippen molar-refractivity contribution in [3.05, 3.63) is 91.9 Å². The molecule has 2 aromatic carbocycles. The Morgan fingerprint density at radius 3 is 2.39 bits per heavy atom. The molecule has 38 heavy (non-hydrogen) atoms. The minimum Gasteiger partial charge on any atom is -0.465 e. The van der Waals surface area contributed by atoms with Crippen molar-refractivity contribution in [2.75, 3.05) is 31.1 Å². The molecule has 1 amide bonds. The number of benzene rings is 2. The highest BCUT2D eigenvalue weighted by Crippen LogP contribution is 2.33. The Kier molecular flexibility index (Phi) is 7.80. The summed E-state index contributed by atoms with van der Waals surface area (Å²) < 4.78 is 56.8. The first-order valence-electron chi connectivity index (χ1n) is 11.6. The quantitative estimate of drug-likeness (QED) is 0.395. The Morgan fingerprint density at radius 1 is 1.08 bits per heavy atom. The van der Waals surface area contributed by atoms with Crippen molar-refractivity contribution in [2.45, 2.75) is 25.3 Å². The van der Waals surface area contributed by atoms with Gasteiger partial charge >= 0.3 is 18.0 Å². The average Bonchev–Trinajstić information content (AvgIpc) is 2.88. The zero-order valence-electron chi connectivity index (χ0n) is 19.9. The van der Waals surface area contributed by atoms with Gasteiger partial charge in [0.05, 0.1) is 24.7 Å². The molecule has 2 heterocycles. The van der Waals surface area contributed by atoms with Gasteiger partial charge in [0.25, 0.3) is 5.56 Å². The smallest absolute Gasteiger partial charge is 0.416 e. The van der Waals surface area contributed by atoms with Crippen LogP contribution < -0.4 is 26.8 Å². The maximum absolute atomic E-state index is 14.6. The summed E-state index contributed by atoms with van der Waals surface area (Å²) in [6.45, 7) is 0.242. The summed E-state index contributed by atoms with van der Waals surface area (Å²) in [6.07, 6.45) is -6.31. The fourth-order valence-electron chi connectivity index (χ4n) is 4.27. The first-order valence-corrected chi connectivity index (χ1v) is 11.6. The summed E-state index contributed by atoms with van der Waals surface area (Å²) in [6, 6.07) is 9.56. The van der Waals surface area contributed by atoms with E-state index in [1.807, 2.05) is 0 Å². The van der Waals surface area contributed by atoms with Crippen LogP contribution in [-0.4, -0.2) is 51.7 Å². The van der Waals surface area contributed by atoms with Crippen LogP contribution >= 0.6 is 0 Å². The van der Waals surface area contributed by atoms with Crippen LogP contribution in [0.25, 0.3) is 0 Å². The number of amides is 1. The molecule has 1 saturated heterocycles. The second-order valence-corrected chi connectivity index (χ2v) is 8.59. The molecule has 0 aliphatic carbocycles. The molecular weight excluding hydrogens is 512 g/mol. The number of aromatic nitrogens is 3. The van der Waals surface area contributed by atoms with Gasteiger partial charge in [0, 0.05) is 31.7 Å². The first kappa shape index (κ1) is 26.9. The highest BCUT2D eigenvalue weighted by Gasteiger charge is 2.35. The van der Waals surface area contributed by atoms with E-state index in [2.05, 4.69) is 15.7 Å². The zero-order chi connectivity index (χ0) is 27.4. The van der Waals surface area contributed by atoms with Gasteiger partial charge in [-0.3, -0.25) is 9.36 Å². The summed E-state index contributed by atoms with van der Waals surface area (Å²) >= 11 is 0. The molecule has 1 aliphatic rings. The molecule has 1 aliphatic heterocycles. The van der Waals surface area contributed by atoms with E-state index in [9.17, 15) is 37.1 Å². The van der Waals surface area contributed by atoms with Crippen LogP contribution in [0.5, 0.6) is 0 Å². The molecule has 1 atom stereocenters. The molecule has 0 saturated carbocycles. The number of hydrogen-bond donors (Lipinski definition) is 3. The van der Waals surface area contributed by atoms with E-state index in [4.69, 9.17) is 0 Å². The fourth-order valence-corrected chi connectivity index (χ4v) is 4.27. The van der Waals surface area contributed by atoms with Crippen LogP contribution in [0.3, 0.4) is 0 Å². The Balaban J connectivity index is 1.86. The van der Waals surface area contributed by atoms with E-state index in [1.165, 1.54) is 0 Å². The predicted octanol–water partition coefficient (Wildman–Crippen LogP) is 2.03. The molecule has 10 nitrogen and oxygen atoms in total. The summed E-state index contributed by atoms with van der Waals surface area (Å²) in [5, 5.41) is 18.8. The fraction of sp³-hybridized carbons (Fsp3) is 0.333. The van der Waals surface area contributed by atoms with E-state index in [0.717, 1.165) is 12.1 Å². The van der Waals surface area contributed by atoms with Crippen molar-refractivity contribution in [3.8, 4) is 0 Å². The highest BCUT2D eigenvalue weighted by molar-refractivity contribution is 5.65. The third kappa shape index (κ3) is 5.85. The monoisotopic (exact) mass is 536 g/mol. The molecule has 0 spiro atoms. The van der Waals surface area contributed by atoms with Crippen LogP contribution in [-0.2, 0) is 19.3 Å². The number of carboxylic acid groups (broad SMARTS) is 1. The summed E-state index contributed by atoms with van der Waals surface area (Å²) in [5.41, 5.74) is -3.59. The lowest BCUT2D eigenvalue weighted by Gasteiger charge is -2.29. The Morgan fingerprint density at radius 2 is 1.76 bits per heavy atom. The molecule has 1 aromatic heterocycles. The normalized spacial score (nSPS) is 14.8. The Bertz CT molecular complexity index is 1420. The van der Waals surface area contributed by atoms with Gasteiger partial charge in [0.2, 0.25) is 5.82 Å². The van der Waals surface area contributed by atoms with Crippen molar-refractivity contribution < 1.29 is 27.5 Å². The van der Waals surface area contributed by atoms with Gasteiger partial charge < -0.3 is 20.6 Å². The Hall–Kier alpha value is -4.20. The zero-order valence-corrected chi connectivity index (χ0v) is 19.9. The summed E-state index contributed by atoms with van der Waals surface area (Å²) in [4.78, 5) is 39.9. The second-order valence-electron chi connectivity index (χ2n) is 8.59. The topological polar surface area (TPSA) is 121 Å². The molecule has 0 bridgehead atoms. The minimum atomic E-state index is -4.90. The molecule has 1 fully saturated rings. The lowest BCUT2D eigenvalue weighted by atomic mass is 10.1. The number of nitrogens with one attached hydrogen (secondary N) is 2. The molecule has 3 N–H and O–H groups in total. The minimum absolute atomic E-state index is 0.210. The van der Waals surface area contributed by atoms with E-state index in [0.29, 0.717) is 47.1 Å². The number of hydrogen-bond acceptors (Lipinski definition) is 6. The van der Waals surface area contributed by atoms with Crippen LogP contribution in [0.1, 0.15) is 22.7 Å². The maximum Gasteiger partial charge on any atom is 0.416 e. The van der Waals surface area contributed by atoms with E-state index < -0.39 is 59.6 Å². The van der Waals surface area contributed by atoms with Gasteiger partial charge in [-0.25, -0.2) is 18.7 Å². The second kappa shape index (κ2) is 11.0. The van der Waals surface area contributed by atoms with E-state index in [-0.39, 0.29) is 5.82 Å². The largest absolute Gasteiger partial charge is 0.465 e. The van der Waals surface area contributed by atoms with Gasteiger partial charge in [-0.2, -0.15) is 13.2 Å². The van der Waals surface area contributed by atoms with E-state index >= 15 is 0 Å². The van der Waals surface area contributed by atoms with Crippen molar-refractivity contribution in [1.29, 1.82) is 0 Å². The Labute approximate surface area is 213 Å². The number of halogens is 4. The lowest BCUT2D eigenvalue weighted by molar-refractivity contribution is -0.138. The number of alkyl halides is 3. The molecule has 202 valence electrons.